The van der Waals surface area contributed by atoms with Crippen LogP contribution in [-0.2, 0) is 6.42 Å². The molecular weight excluding hydrogens is 340 g/mol. The van der Waals surface area contributed by atoms with Crippen molar-refractivity contribution < 1.29 is 4.79 Å². The summed E-state index contributed by atoms with van der Waals surface area (Å²) >= 11 is 0. The number of benzene rings is 1. The maximum absolute atomic E-state index is 12.5. The summed E-state index contributed by atoms with van der Waals surface area (Å²) in [5, 5.41) is 7.38. The van der Waals surface area contributed by atoms with Crippen LogP contribution in [0, 0.1) is 6.92 Å². The zero-order chi connectivity index (χ0) is 19.2. The molecule has 1 amide bonds. The molecule has 0 spiro atoms. The van der Waals surface area contributed by atoms with E-state index < -0.39 is 0 Å². The smallest absolute Gasteiger partial charge is 0.270 e. The minimum Gasteiger partial charge on any atom is -0.369 e. The average Bonchev–Trinajstić information content (AvgIpc) is 3.04. The van der Waals surface area contributed by atoms with E-state index in [0.29, 0.717) is 23.9 Å². The molecule has 3 N–H and O–H groups in total. The molecule has 27 heavy (non-hydrogen) atoms. The van der Waals surface area contributed by atoms with Gasteiger partial charge in [0, 0.05) is 42.8 Å². The summed E-state index contributed by atoms with van der Waals surface area (Å²) in [6.07, 6.45) is 2.76. The summed E-state index contributed by atoms with van der Waals surface area (Å²) in [7, 11) is 4.03. The molecule has 0 saturated carbocycles. The van der Waals surface area contributed by atoms with E-state index in [1.165, 1.54) is 10.9 Å². The lowest BCUT2D eigenvalue weighted by Gasteiger charge is -2.12. The summed E-state index contributed by atoms with van der Waals surface area (Å²) in [6, 6.07) is 9.86. The third kappa shape index (κ3) is 5.04. The van der Waals surface area contributed by atoms with E-state index >= 15 is 0 Å². The van der Waals surface area contributed by atoms with Crippen molar-refractivity contribution in [2.24, 2.45) is 0 Å². The van der Waals surface area contributed by atoms with Crippen LogP contribution in [0.5, 0.6) is 0 Å². The number of carbonyl (C=O) groups is 1. The first-order chi connectivity index (χ1) is 13.0. The van der Waals surface area contributed by atoms with Crippen LogP contribution < -0.4 is 10.6 Å². The number of fused-ring (bicyclic) bond motifs is 1. The van der Waals surface area contributed by atoms with Crippen LogP contribution in [0.25, 0.3) is 10.9 Å². The average molecular weight is 366 g/mol. The fourth-order valence-electron chi connectivity index (χ4n) is 2.92. The van der Waals surface area contributed by atoms with Gasteiger partial charge in [0.25, 0.3) is 5.91 Å². The highest BCUT2D eigenvalue weighted by molar-refractivity contribution is 5.93. The molecule has 0 aliphatic heterocycles. The zero-order valence-corrected chi connectivity index (χ0v) is 16.0. The Kier molecular flexibility index (Phi) is 6.03. The Morgan fingerprint density at radius 2 is 2.00 bits per heavy atom. The maximum Gasteiger partial charge on any atom is 0.270 e. The van der Waals surface area contributed by atoms with Crippen molar-refractivity contribution in [3.63, 3.8) is 0 Å². The summed E-state index contributed by atoms with van der Waals surface area (Å²) < 4.78 is 0. The van der Waals surface area contributed by atoms with E-state index in [-0.39, 0.29) is 5.91 Å². The molecule has 0 aliphatic rings. The lowest BCUT2D eigenvalue weighted by atomic mass is 10.1. The van der Waals surface area contributed by atoms with E-state index in [2.05, 4.69) is 36.6 Å². The molecule has 3 aromatic rings. The highest BCUT2D eigenvalue weighted by atomic mass is 16.1. The van der Waals surface area contributed by atoms with Crippen molar-refractivity contribution in [2.45, 2.75) is 13.3 Å². The van der Waals surface area contributed by atoms with Gasteiger partial charge in [0.15, 0.2) is 0 Å². The molecule has 0 bridgehead atoms. The number of rotatable bonds is 8. The Bertz CT molecular complexity index is 918. The first-order valence-corrected chi connectivity index (χ1v) is 9.10. The fourth-order valence-corrected chi connectivity index (χ4v) is 2.92. The van der Waals surface area contributed by atoms with Crippen molar-refractivity contribution in [3.8, 4) is 0 Å². The van der Waals surface area contributed by atoms with Gasteiger partial charge in [-0.25, -0.2) is 9.97 Å². The van der Waals surface area contributed by atoms with Crippen LogP contribution >= 0.6 is 0 Å². The van der Waals surface area contributed by atoms with Crippen LogP contribution in [0.15, 0.2) is 36.5 Å². The van der Waals surface area contributed by atoms with Gasteiger partial charge in [-0.1, -0.05) is 18.2 Å². The van der Waals surface area contributed by atoms with Crippen molar-refractivity contribution >= 4 is 22.6 Å². The summed E-state index contributed by atoms with van der Waals surface area (Å²) in [6.45, 7) is 3.98. The van der Waals surface area contributed by atoms with E-state index in [0.717, 1.165) is 25.0 Å². The number of carbonyl (C=O) groups excluding carboxylic acids is 1. The van der Waals surface area contributed by atoms with Gasteiger partial charge in [-0.15, -0.1) is 0 Å². The first-order valence-electron chi connectivity index (χ1n) is 9.10. The number of likely N-dealkylation sites (N-methyl/N-ethyl adjacent to an activating group) is 1. The number of nitrogens with one attached hydrogen (secondary N) is 3. The first kappa shape index (κ1) is 18.8. The van der Waals surface area contributed by atoms with Gasteiger partial charge in [0.2, 0.25) is 0 Å². The molecule has 0 radical (unpaired) electrons. The van der Waals surface area contributed by atoms with Gasteiger partial charge in [-0.05, 0) is 39.1 Å². The van der Waals surface area contributed by atoms with Crippen molar-refractivity contribution in [1.29, 1.82) is 0 Å². The highest BCUT2D eigenvalue weighted by Gasteiger charge is 2.11. The van der Waals surface area contributed by atoms with Crippen LogP contribution in [0.3, 0.4) is 0 Å². The van der Waals surface area contributed by atoms with Crippen molar-refractivity contribution in [3.05, 3.63) is 53.6 Å². The van der Waals surface area contributed by atoms with Crippen molar-refractivity contribution in [2.75, 3.05) is 39.0 Å². The SMILES string of the molecule is Cc1nc(NCCN(C)C)cc(C(=O)NCCc2c[nH]c3ccccc23)n1. The fraction of sp³-hybridized carbons (Fsp3) is 0.350. The number of aromatic amines is 1. The Hall–Kier alpha value is -2.93. The molecule has 7 nitrogen and oxygen atoms in total. The minimum absolute atomic E-state index is 0.184. The Morgan fingerprint density at radius 3 is 2.81 bits per heavy atom. The number of hydrogen-bond acceptors (Lipinski definition) is 5. The topological polar surface area (TPSA) is 85.9 Å². The quantitative estimate of drug-likeness (QED) is 0.569. The van der Waals surface area contributed by atoms with Crippen LogP contribution in [0.4, 0.5) is 5.82 Å². The molecule has 7 heteroatoms. The Morgan fingerprint density at radius 1 is 1.19 bits per heavy atom. The van der Waals surface area contributed by atoms with Gasteiger partial charge in [0.05, 0.1) is 0 Å². The number of anilines is 1. The molecule has 0 atom stereocenters. The van der Waals surface area contributed by atoms with Crippen molar-refractivity contribution in [1.82, 2.24) is 25.2 Å². The summed E-state index contributed by atoms with van der Waals surface area (Å²) in [4.78, 5) is 26.4. The Labute approximate surface area is 159 Å². The largest absolute Gasteiger partial charge is 0.369 e. The lowest BCUT2D eigenvalue weighted by molar-refractivity contribution is 0.0949. The molecule has 1 aromatic carbocycles. The van der Waals surface area contributed by atoms with Gasteiger partial charge < -0.3 is 20.5 Å². The molecule has 0 aliphatic carbocycles. The predicted molar refractivity (Wildman–Crippen MR) is 108 cm³/mol. The second-order valence-corrected chi connectivity index (χ2v) is 6.78. The third-order valence-electron chi connectivity index (χ3n) is 4.29. The van der Waals surface area contributed by atoms with Gasteiger partial charge in [-0.2, -0.15) is 0 Å². The number of para-hydroxylation sites is 1. The number of nitrogens with zero attached hydrogens (tertiary/aromatic N) is 3. The monoisotopic (exact) mass is 366 g/mol. The molecular formula is C20H26N6O. The number of aromatic nitrogens is 3. The minimum atomic E-state index is -0.184. The highest BCUT2D eigenvalue weighted by Crippen LogP contribution is 2.17. The second-order valence-electron chi connectivity index (χ2n) is 6.78. The molecule has 0 unspecified atom stereocenters. The van der Waals surface area contributed by atoms with Gasteiger partial charge in [-0.3, -0.25) is 4.79 Å². The Balaban J connectivity index is 1.58. The molecule has 2 aromatic heterocycles. The number of H-pyrrole nitrogens is 1. The predicted octanol–water partition coefficient (Wildman–Crippen LogP) is 2.21. The number of aryl methyl sites for hydroxylation is 1. The summed E-state index contributed by atoms with van der Waals surface area (Å²) in [5.74, 6) is 1.06. The van der Waals surface area contributed by atoms with E-state index in [4.69, 9.17) is 0 Å². The molecule has 142 valence electrons. The van der Waals surface area contributed by atoms with E-state index in [1.807, 2.05) is 38.5 Å². The van der Waals surface area contributed by atoms with Gasteiger partial charge in [0.1, 0.15) is 17.3 Å². The molecule has 0 fully saturated rings. The molecule has 3 rings (SSSR count). The van der Waals surface area contributed by atoms with Crippen LogP contribution in [0.2, 0.25) is 0 Å². The standard InChI is InChI=1S/C20H26N6O/c1-14-24-18(12-19(25-14)21-10-11-26(2)3)20(27)22-9-8-15-13-23-17-7-5-4-6-16(15)17/h4-7,12-13,23H,8-11H2,1-3H3,(H,22,27)(H,21,24,25). The van der Waals surface area contributed by atoms with E-state index in [9.17, 15) is 4.79 Å². The van der Waals surface area contributed by atoms with Crippen LogP contribution in [0.1, 0.15) is 21.9 Å². The molecule has 2 heterocycles. The summed E-state index contributed by atoms with van der Waals surface area (Å²) in [5.41, 5.74) is 2.68. The number of hydrogen-bond donors (Lipinski definition) is 3. The maximum atomic E-state index is 12.5. The lowest BCUT2D eigenvalue weighted by Crippen LogP contribution is -2.27. The normalized spacial score (nSPS) is 11.1. The van der Waals surface area contributed by atoms with Crippen LogP contribution in [-0.4, -0.2) is 59.5 Å². The second kappa shape index (κ2) is 8.64. The molecule has 0 saturated heterocycles. The third-order valence-corrected chi connectivity index (χ3v) is 4.29. The number of amides is 1. The van der Waals surface area contributed by atoms with Gasteiger partial charge >= 0.3 is 0 Å². The zero-order valence-electron chi connectivity index (χ0n) is 16.0. The van der Waals surface area contributed by atoms with E-state index in [1.54, 1.807) is 13.0 Å².